The molecule has 0 aliphatic heterocycles. The summed E-state index contributed by atoms with van der Waals surface area (Å²) in [7, 11) is 2.03. The molecular formula is C16H16ClN. The van der Waals surface area contributed by atoms with Crippen LogP contribution in [0.15, 0.2) is 42.5 Å². The number of nitrogens with one attached hydrogen (secondary N) is 1. The Morgan fingerprint density at radius 1 is 1.17 bits per heavy atom. The molecule has 1 unspecified atom stereocenters. The van der Waals surface area contributed by atoms with Gasteiger partial charge >= 0.3 is 0 Å². The highest BCUT2D eigenvalue weighted by Gasteiger charge is 2.23. The monoisotopic (exact) mass is 257 g/mol. The fourth-order valence-corrected chi connectivity index (χ4v) is 3.07. The van der Waals surface area contributed by atoms with E-state index in [4.69, 9.17) is 11.6 Å². The van der Waals surface area contributed by atoms with Crippen molar-refractivity contribution >= 4 is 11.6 Å². The van der Waals surface area contributed by atoms with Gasteiger partial charge < -0.3 is 5.32 Å². The van der Waals surface area contributed by atoms with Gasteiger partial charge in [-0.05, 0) is 54.3 Å². The quantitative estimate of drug-likeness (QED) is 0.850. The molecule has 0 bridgehead atoms. The lowest BCUT2D eigenvalue weighted by molar-refractivity contribution is 0.590. The summed E-state index contributed by atoms with van der Waals surface area (Å²) in [4.78, 5) is 0. The van der Waals surface area contributed by atoms with E-state index in [1.807, 2.05) is 25.2 Å². The third kappa shape index (κ3) is 1.94. The van der Waals surface area contributed by atoms with E-state index in [-0.39, 0.29) is 0 Å². The highest BCUT2D eigenvalue weighted by Crippen LogP contribution is 2.37. The van der Waals surface area contributed by atoms with Crippen LogP contribution in [0.2, 0.25) is 5.02 Å². The average molecular weight is 258 g/mol. The fourth-order valence-electron chi connectivity index (χ4n) is 2.88. The normalized spacial score (nSPS) is 17.8. The molecule has 1 atom stereocenters. The molecular weight excluding hydrogens is 242 g/mol. The predicted molar refractivity (Wildman–Crippen MR) is 77.0 cm³/mol. The highest BCUT2D eigenvalue weighted by atomic mass is 35.5. The lowest BCUT2D eigenvalue weighted by atomic mass is 9.96. The van der Waals surface area contributed by atoms with Crippen LogP contribution in [0.3, 0.4) is 0 Å². The van der Waals surface area contributed by atoms with E-state index >= 15 is 0 Å². The van der Waals surface area contributed by atoms with Gasteiger partial charge in [0.1, 0.15) is 0 Å². The number of fused-ring (bicyclic) bond motifs is 1. The first-order valence-electron chi connectivity index (χ1n) is 6.34. The number of rotatable bonds is 2. The van der Waals surface area contributed by atoms with Crippen LogP contribution in [-0.4, -0.2) is 7.05 Å². The van der Waals surface area contributed by atoms with Crippen molar-refractivity contribution in [3.63, 3.8) is 0 Å². The maximum atomic E-state index is 6.09. The van der Waals surface area contributed by atoms with Crippen LogP contribution in [-0.2, 0) is 6.42 Å². The summed E-state index contributed by atoms with van der Waals surface area (Å²) >= 11 is 6.09. The van der Waals surface area contributed by atoms with Crippen molar-refractivity contribution in [2.45, 2.75) is 18.9 Å². The molecule has 0 aromatic heterocycles. The van der Waals surface area contributed by atoms with Crippen molar-refractivity contribution in [1.82, 2.24) is 5.32 Å². The summed E-state index contributed by atoms with van der Waals surface area (Å²) in [6.45, 7) is 0. The second-order valence-electron chi connectivity index (χ2n) is 4.76. The van der Waals surface area contributed by atoms with Crippen molar-refractivity contribution in [1.29, 1.82) is 0 Å². The van der Waals surface area contributed by atoms with E-state index in [2.05, 4.69) is 29.6 Å². The minimum atomic E-state index is 0.499. The smallest absolute Gasteiger partial charge is 0.0412 e. The van der Waals surface area contributed by atoms with Crippen LogP contribution in [0.1, 0.15) is 23.6 Å². The second-order valence-corrected chi connectivity index (χ2v) is 5.20. The van der Waals surface area contributed by atoms with Gasteiger partial charge in [-0.1, -0.05) is 41.9 Å². The van der Waals surface area contributed by atoms with Gasteiger partial charge in [-0.25, -0.2) is 0 Å². The lowest BCUT2D eigenvalue weighted by Crippen LogP contribution is -2.12. The highest BCUT2D eigenvalue weighted by molar-refractivity contribution is 6.30. The van der Waals surface area contributed by atoms with E-state index in [0.717, 1.165) is 11.4 Å². The molecule has 2 aromatic carbocycles. The standard InChI is InChI=1S/C16H16ClN/c1-18-16-9-8-14-13(6-3-7-15(14)16)11-4-2-5-12(17)10-11/h2-7,10,16,18H,8-9H2,1H3. The Morgan fingerprint density at radius 2 is 2.00 bits per heavy atom. The van der Waals surface area contributed by atoms with Crippen molar-refractivity contribution in [3.8, 4) is 11.1 Å². The second kappa shape index (κ2) is 4.75. The summed E-state index contributed by atoms with van der Waals surface area (Å²) in [5, 5.41) is 4.18. The van der Waals surface area contributed by atoms with Crippen molar-refractivity contribution in [2.75, 3.05) is 7.05 Å². The van der Waals surface area contributed by atoms with Crippen LogP contribution in [0.5, 0.6) is 0 Å². The van der Waals surface area contributed by atoms with Gasteiger partial charge in [-0.15, -0.1) is 0 Å². The molecule has 18 heavy (non-hydrogen) atoms. The number of hydrogen-bond acceptors (Lipinski definition) is 1. The SMILES string of the molecule is CNC1CCc2c(-c3cccc(Cl)c3)cccc21. The zero-order chi connectivity index (χ0) is 12.5. The topological polar surface area (TPSA) is 12.0 Å². The molecule has 0 fully saturated rings. The lowest BCUT2D eigenvalue weighted by Gasteiger charge is -2.12. The maximum absolute atomic E-state index is 6.09. The van der Waals surface area contributed by atoms with Gasteiger partial charge in [0.15, 0.2) is 0 Å². The average Bonchev–Trinajstić information content (AvgIpc) is 2.81. The van der Waals surface area contributed by atoms with E-state index in [1.54, 1.807) is 0 Å². The Labute approximate surface area is 113 Å². The van der Waals surface area contributed by atoms with E-state index in [9.17, 15) is 0 Å². The third-order valence-corrected chi connectivity index (χ3v) is 3.99. The van der Waals surface area contributed by atoms with Gasteiger partial charge in [0.05, 0.1) is 0 Å². The minimum absolute atomic E-state index is 0.499. The summed E-state index contributed by atoms with van der Waals surface area (Å²) in [6.07, 6.45) is 2.33. The van der Waals surface area contributed by atoms with E-state index in [0.29, 0.717) is 6.04 Å². The largest absolute Gasteiger partial charge is 0.313 e. The molecule has 1 nitrogen and oxygen atoms in total. The molecule has 2 aromatic rings. The zero-order valence-corrected chi connectivity index (χ0v) is 11.2. The maximum Gasteiger partial charge on any atom is 0.0412 e. The van der Waals surface area contributed by atoms with Crippen molar-refractivity contribution in [3.05, 3.63) is 58.6 Å². The van der Waals surface area contributed by atoms with Gasteiger partial charge in [0.25, 0.3) is 0 Å². The fraction of sp³-hybridized carbons (Fsp3) is 0.250. The first-order chi connectivity index (χ1) is 8.79. The zero-order valence-electron chi connectivity index (χ0n) is 10.4. The third-order valence-electron chi connectivity index (χ3n) is 3.75. The van der Waals surface area contributed by atoms with E-state index < -0.39 is 0 Å². The molecule has 0 saturated carbocycles. The molecule has 92 valence electrons. The van der Waals surface area contributed by atoms with Crippen molar-refractivity contribution in [2.24, 2.45) is 0 Å². The first kappa shape index (κ1) is 11.8. The molecule has 0 radical (unpaired) electrons. The molecule has 0 amide bonds. The van der Waals surface area contributed by atoms with Crippen LogP contribution >= 0.6 is 11.6 Å². The Hall–Kier alpha value is -1.31. The summed E-state index contributed by atoms with van der Waals surface area (Å²) in [5.74, 6) is 0. The van der Waals surface area contributed by atoms with Crippen molar-refractivity contribution < 1.29 is 0 Å². The number of benzene rings is 2. The number of hydrogen-bond donors (Lipinski definition) is 1. The Kier molecular flexibility index (Phi) is 3.11. The molecule has 1 aliphatic carbocycles. The molecule has 2 heteroatoms. The predicted octanol–water partition coefficient (Wildman–Crippen LogP) is 4.21. The van der Waals surface area contributed by atoms with Crippen LogP contribution < -0.4 is 5.32 Å². The molecule has 0 spiro atoms. The summed E-state index contributed by atoms with van der Waals surface area (Å²) in [6, 6.07) is 15.2. The van der Waals surface area contributed by atoms with Gasteiger partial charge in [-0.3, -0.25) is 0 Å². The molecule has 0 heterocycles. The van der Waals surface area contributed by atoms with Gasteiger partial charge in [0, 0.05) is 11.1 Å². The Bertz CT molecular complexity index is 577. The summed E-state index contributed by atoms with van der Waals surface area (Å²) in [5.41, 5.74) is 5.46. The van der Waals surface area contributed by atoms with Gasteiger partial charge in [-0.2, -0.15) is 0 Å². The summed E-state index contributed by atoms with van der Waals surface area (Å²) < 4.78 is 0. The Balaban J connectivity index is 2.12. The number of halogens is 1. The van der Waals surface area contributed by atoms with Crippen LogP contribution in [0.25, 0.3) is 11.1 Å². The minimum Gasteiger partial charge on any atom is -0.313 e. The first-order valence-corrected chi connectivity index (χ1v) is 6.72. The molecule has 1 N–H and O–H groups in total. The molecule has 0 saturated heterocycles. The van der Waals surface area contributed by atoms with E-state index in [1.165, 1.54) is 28.7 Å². The van der Waals surface area contributed by atoms with Crippen LogP contribution in [0, 0.1) is 0 Å². The van der Waals surface area contributed by atoms with Crippen LogP contribution in [0.4, 0.5) is 0 Å². The molecule has 3 rings (SSSR count). The Morgan fingerprint density at radius 3 is 2.78 bits per heavy atom. The molecule has 1 aliphatic rings. The van der Waals surface area contributed by atoms with Gasteiger partial charge in [0.2, 0.25) is 0 Å².